The van der Waals surface area contributed by atoms with Gasteiger partial charge in [-0.05, 0) is 36.4 Å². The summed E-state index contributed by atoms with van der Waals surface area (Å²) in [6, 6.07) is 27.5. The highest BCUT2D eigenvalue weighted by atomic mass is 16.3. The highest BCUT2D eigenvalue weighted by molar-refractivity contribution is 5.81. The van der Waals surface area contributed by atoms with Crippen LogP contribution >= 0.6 is 0 Å². The predicted molar refractivity (Wildman–Crippen MR) is 116 cm³/mol. The SMILES string of the molecule is Oc1cccc2ccc[n+](Cc3ccccc3C[n+]3cccc4cccc(O)c43)c12. The maximum Gasteiger partial charge on any atom is 0.254 e. The van der Waals surface area contributed by atoms with Crippen LogP contribution in [-0.4, -0.2) is 10.2 Å². The van der Waals surface area contributed by atoms with Crippen molar-refractivity contribution in [2.24, 2.45) is 0 Å². The molecule has 0 fully saturated rings. The average Bonchev–Trinajstić information content (AvgIpc) is 2.76. The summed E-state index contributed by atoms with van der Waals surface area (Å²) in [5.41, 5.74) is 3.98. The van der Waals surface area contributed by atoms with E-state index < -0.39 is 0 Å². The Hall–Kier alpha value is -3.92. The minimum absolute atomic E-state index is 0.277. The van der Waals surface area contributed by atoms with Crippen molar-refractivity contribution in [1.82, 2.24) is 0 Å². The van der Waals surface area contributed by atoms with Crippen LogP contribution in [0.1, 0.15) is 11.1 Å². The van der Waals surface area contributed by atoms with Crippen molar-refractivity contribution < 1.29 is 19.3 Å². The normalized spacial score (nSPS) is 11.2. The molecule has 0 atom stereocenters. The van der Waals surface area contributed by atoms with Crippen LogP contribution in [0.3, 0.4) is 0 Å². The lowest BCUT2D eigenvalue weighted by atomic mass is 10.1. The van der Waals surface area contributed by atoms with Crippen molar-refractivity contribution in [1.29, 1.82) is 0 Å². The Kier molecular flexibility index (Phi) is 4.52. The zero-order chi connectivity index (χ0) is 20.5. The molecule has 2 N–H and O–H groups in total. The van der Waals surface area contributed by atoms with Crippen molar-refractivity contribution in [3.05, 3.63) is 108 Å². The molecule has 0 spiro atoms. The molecule has 5 aromatic rings. The standard InChI is InChI=1S/C26H20N2O2/c29-23-13-3-9-19-11-5-15-27(25(19)23)17-21-7-1-2-8-22(21)18-28-16-6-12-20-10-4-14-24(30)26(20)28/h1-16H,17-18H2/p+2. The number of aromatic nitrogens is 2. The van der Waals surface area contributed by atoms with E-state index in [9.17, 15) is 10.2 Å². The van der Waals surface area contributed by atoms with Crippen LogP contribution in [0.5, 0.6) is 11.5 Å². The number of benzene rings is 3. The molecule has 0 saturated heterocycles. The molecule has 0 unspecified atom stereocenters. The minimum atomic E-state index is 0.277. The second-order valence-electron chi connectivity index (χ2n) is 7.47. The average molecular weight is 394 g/mol. The van der Waals surface area contributed by atoms with Crippen molar-refractivity contribution in [3.63, 3.8) is 0 Å². The van der Waals surface area contributed by atoms with Crippen LogP contribution < -0.4 is 9.13 Å². The fourth-order valence-corrected chi connectivity index (χ4v) is 4.14. The molecule has 146 valence electrons. The number of hydrogen-bond acceptors (Lipinski definition) is 2. The van der Waals surface area contributed by atoms with Gasteiger partial charge in [-0.15, -0.1) is 0 Å². The number of nitrogens with zero attached hydrogens (tertiary/aromatic N) is 2. The molecule has 2 heterocycles. The Balaban J connectivity index is 1.57. The lowest BCUT2D eigenvalue weighted by Crippen LogP contribution is -2.38. The van der Waals surface area contributed by atoms with Gasteiger partial charge >= 0.3 is 0 Å². The molecule has 4 heteroatoms. The van der Waals surface area contributed by atoms with E-state index in [1.54, 1.807) is 12.1 Å². The molecule has 5 rings (SSSR count). The van der Waals surface area contributed by atoms with Gasteiger partial charge in [0.1, 0.15) is 0 Å². The maximum atomic E-state index is 10.4. The molecule has 0 amide bonds. The molecule has 0 saturated carbocycles. The Morgan fingerprint density at radius 2 is 0.933 bits per heavy atom. The van der Waals surface area contributed by atoms with Gasteiger partial charge in [-0.2, -0.15) is 9.13 Å². The van der Waals surface area contributed by atoms with Crippen LogP contribution in [-0.2, 0) is 13.1 Å². The molecule has 3 aromatic carbocycles. The van der Waals surface area contributed by atoms with E-state index in [-0.39, 0.29) is 11.5 Å². The third-order valence-electron chi connectivity index (χ3n) is 5.55. The number of phenolic OH excluding ortho intramolecular Hbond substituents is 2. The molecule has 0 radical (unpaired) electrons. The molecule has 0 aliphatic heterocycles. The molecular weight excluding hydrogens is 372 g/mol. The van der Waals surface area contributed by atoms with Gasteiger partial charge in [-0.3, -0.25) is 0 Å². The lowest BCUT2D eigenvalue weighted by molar-refractivity contribution is -0.668. The fourth-order valence-electron chi connectivity index (χ4n) is 4.14. The zero-order valence-electron chi connectivity index (χ0n) is 16.4. The summed E-state index contributed by atoms with van der Waals surface area (Å²) in [5.74, 6) is 0.554. The summed E-state index contributed by atoms with van der Waals surface area (Å²) in [6.45, 7) is 1.28. The van der Waals surface area contributed by atoms with E-state index in [1.807, 2.05) is 73.1 Å². The fraction of sp³-hybridized carbons (Fsp3) is 0.0769. The summed E-state index contributed by atoms with van der Waals surface area (Å²) in [7, 11) is 0. The van der Waals surface area contributed by atoms with E-state index in [1.165, 1.54) is 0 Å². The van der Waals surface area contributed by atoms with Gasteiger partial charge in [-0.1, -0.05) is 36.4 Å². The van der Waals surface area contributed by atoms with Crippen LogP contribution in [0.25, 0.3) is 21.8 Å². The smallest absolute Gasteiger partial charge is 0.254 e. The highest BCUT2D eigenvalue weighted by Gasteiger charge is 2.19. The molecule has 30 heavy (non-hydrogen) atoms. The Morgan fingerprint density at radius 1 is 0.500 bits per heavy atom. The number of phenols is 2. The van der Waals surface area contributed by atoms with Crippen molar-refractivity contribution >= 4 is 21.8 Å². The molecule has 0 aliphatic carbocycles. The van der Waals surface area contributed by atoms with Gasteiger partial charge in [0.25, 0.3) is 11.0 Å². The van der Waals surface area contributed by atoms with Crippen LogP contribution in [0, 0.1) is 0 Å². The van der Waals surface area contributed by atoms with E-state index in [0.29, 0.717) is 13.1 Å². The van der Waals surface area contributed by atoms with Gasteiger partial charge in [0.2, 0.25) is 0 Å². The first-order chi connectivity index (χ1) is 14.7. The van der Waals surface area contributed by atoms with Crippen LogP contribution in [0.4, 0.5) is 0 Å². The Labute approximate surface area is 174 Å². The highest BCUT2D eigenvalue weighted by Crippen LogP contribution is 2.22. The van der Waals surface area contributed by atoms with Gasteiger partial charge < -0.3 is 10.2 Å². The van der Waals surface area contributed by atoms with Crippen LogP contribution in [0.2, 0.25) is 0 Å². The van der Waals surface area contributed by atoms with E-state index in [2.05, 4.69) is 21.3 Å². The number of pyridine rings is 2. The monoisotopic (exact) mass is 394 g/mol. The minimum Gasteiger partial charge on any atom is -0.502 e. The second kappa shape index (κ2) is 7.48. The van der Waals surface area contributed by atoms with Gasteiger partial charge in [0, 0.05) is 23.3 Å². The number of para-hydroxylation sites is 2. The summed E-state index contributed by atoms with van der Waals surface area (Å²) >= 11 is 0. The van der Waals surface area contributed by atoms with Crippen molar-refractivity contribution in [3.8, 4) is 11.5 Å². The molecule has 2 aromatic heterocycles. The van der Waals surface area contributed by atoms with Gasteiger partial charge in [0.15, 0.2) is 37.0 Å². The zero-order valence-corrected chi connectivity index (χ0v) is 16.4. The maximum absolute atomic E-state index is 10.4. The summed E-state index contributed by atoms with van der Waals surface area (Å²) in [6.07, 6.45) is 3.99. The predicted octanol–water partition coefficient (Wildman–Crippen LogP) is 4.08. The third-order valence-corrected chi connectivity index (χ3v) is 5.55. The molecule has 0 bridgehead atoms. The number of fused-ring (bicyclic) bond motifs is 2. The summed E-state index contributed by atoms with van der Waals surface area (Å²) in [4.78, 5) is 0. The summed E-state index contributed by atoms with van der Waals surface area (Å²) in [5, 5.41) is 22.9. The Bertz CT molecular complexity index is 1260. The first-order valence-electron chi connectivity index (χ1n) is 9.98. The number of hydrogen-bond donors (Lipinski definition) is 2. The summed E-state index contributed by atoms with van der Waals surface area (Å²) < 4.78 is 4.16. The molecule has 4 nitrogen and oxygen atoms in total. The lowest BCUT2D eigenvalue weighted by Gasteiger charge is -2.08. The molecule has 0 aliphatic rings. The quantitative estimate of drug-likeness (QED) is 0.452. The number of rotatable bonds is 4. The van der Waals surface area contributed by atoms with E-state index in [4.69, 9.17) is 0 Å². The second-order valence-corrected chi connectivity index (χ2v) is 7.47. The first-order valence-corrected chi connectivity index (χ1v) is 9.98. The topological polar surface area (TPSA) is 48.2 Å². The largest absolute Gasteiger partial charge is 0.502 e. The van der Waals surface area contributed by atoms with Crippen molar-refractivity contribution in [2.45, 2.75) is 13.1 Å². The van der Waals surface area contributed by atoms with Gasteiger partial charge in [0.05, 0.1) is 10.8 Å². The molecular formula is C26H22N2O2+2. The van der Waals surface area contributed by atoms with Crippen LogP contribution in [0.15, 0.2) is 97.3 Å². The third kappa shape index (κ3) is 3.22. The van der Waals surface area contributed by atoms with E-state index >= 15 is 0 Å². The number of aromatic hydroxyl groups is 2. The van der Waals surface area contributed by atoms with E-state index in [0.717, 1.165) is 32.9 Å². The van der Waals surface area contributed by atoms with Crippen molar-refractivity contribution in [2.75, 3.05) is 0 Å². The first kappa shape index (κ1) is 18.1. The van der Waals surface area contributed by atoms with Gasteiger partial charge in [-0.25, -0.2) is 0 Å². The Morgan fingerprint density at radius 3 is 1.40 bits per heavy atom.